The first kappa shape index (κ1) is 65.1. The Kier molecular flexibility index (Phi) is 53.4. The van der Waals surface area contributed by atoms with Crippen LogP contribution in [-0.2, 0) is 28.6 Å². The van der Waals surface area contributed by atoms with Gasteiger partial charge in [0.15, 0.2) is 6.10 Å². The molecule has 0 amide bonds. The number of esters is 3. The standard InChI is InChI=1S/C63H104O6/c1-4-7-10-13-16-19-22-25-28-30-31-33-35-38-41-44-47-50-53-56-62(65)68-59-60(58-67-61(64)55-52-49-46-43-40-37-34-27-24-21-18-15-12-9-6-3)69-63(66)57-54-51-48-45-42-39-36-32-29-26-23-20-17-14-11-8-5-2/h9,12,16-21,25-29,34,36,39,45,48,60H,4-8,10-11,13-15,22-24,30-33,35,37-38,40-44,46-47,49-59H2,1-3H3/b12-9-,19-16-,20-17-,21-18-,28-25-,29-26-,34-27-,39-36-,48-45-/t60-/m1/s1. The van der Waals surface area contributed by atoms with Crippen LogP contribution in [0.2, 0.25) is 0 Å². The first-order chi connectivity index (χ1) is 34.0. The Morgan fingerprint density at radius 1 is 0.304 bits per heavy atom. The minimum atomic E-state index is -0.818. The Bertz CT molecular complexity index is 1420. The van der Waals surface area contributed by atoms with Crippen LogP contribution < -0.4 is 0 Å². The van der Waals surface area contributed by atoms with Crippen molar-refractivity contribution in [2.45, 2.75) is 258 Å². The Labute approximate surface area is 425 Å². The van der Waals surface area contributed by atoms with E-state index in [2.05, 4.69) is 130 Å². The molecule has 0 heterocycles. The zero-order valence-corrected chi connectivity index (χ0v) is 44.8. The average molecular weight is 958 g/mol. The van der Waals surface area contributed by atoms with E-state index in [1.165, 1.54) is 96.3 Å². The minimum Gasteiger partial charge on any atom is -0.462 e. The molecule has 0 aliphatic rings. The Hall–Kier alpha value is -3.93. The molecule has 0 radical (unpaired) electrons. The summed E-state index contributed by atoms with van der Waals surface area (Å²) < 4.78 is 16.8. The Balaban J connectivity index is 4.50. The molecule has 1 atom stereocenters. The van der Waals surface area contributed by atoms with E-state index in [1.807, 2.05) is 0 Å². The van der Waals surface area contributed by atoms with Crippen molar-refractivity contribution in [1.82, 2.24) is 0 Å². The third kappa shape index (κ3) is 54.9. The van der Waals surface area contributed by atoms with E-state index in [0.717, 1.165) is 109 Å². The van der Waals surface area contributed by atoms with Crippen LogP contribution in [0.1, 0.15) is 252 Å². The van der Waals surface area contributed by atoms with Gasteiger partial charge in [-0.3, -0.25) is 14.4 Å². The maximum Gasteiger partial charge on any atom is 0.306 e. The molecule has 6 nitrogen and oxygen atoms in total. The van der Waals surface area contributed by atoms with Gasteiger partial charge < -0.3 is 14.2 Å². The second kappa shape index (κ2) is 56.7. The van der Waals surface area contributed by atoms with Gasteiger partial charge in [0.05, 0.1) is 0 Å². The van der Waals surface area contributed by atoms with E-state index in [-0.39, 0.29) is 37.5 Å². The number of unbranched alkanes of at least 4 members (excludes halogenated alkanes) is 21. The second-order valence-electron chi connectivity index (χ2n) is 18.5. The fourth-order valence-corrected chi connectivity index (χ4v) is 7.48. The summed E-state index contributed by atoms with van der Waals surface area (Å²) in [6.45, 7) is 6.41. The highest BCUT2D eigenvalue weighted by Gasteiger charge is 2.19. The smallest absolute Gasteiger partial charge is 0.306 e. The van der Waals surface area contributed by atoms with Crippen molar-refractivity contribution in [1.29, 1.82) is 0 Å². The van der Waals surface area contributed by atoms with Crippen LogP contribution in [-0.4, -0.2) is 37.2 Å². The van der Waals surface area contributed by atoms with Crippen molar-refractivity contribution in [2.75, 3.05) is 13.2 Å². The van der Waals surface area contributed by atoms with Gasteiger partial charge in [-0.05, 0) is 122 Å². The van der Waals surface area contributed by atoms with Gasteiger partial charge >= 0.3 is 17.9 Å². The molecule has 6 heteroatoms. The van der Waals surface area contributed by atoms with E-state index in [4.69, 9.17) is 14.2 Å². The maximum absolute atomic E-state index is 12.8. The van der Waals surface area contributed by atoms with Gasteiger partial charge in [-0.1, -0.05) is 220 Å². The molecule has 0 spiro atoms. The van der Waals surface area contributed by atoms with Crippen molar-refractivity contribution < 1.29 is 28.6 Å². The van der Waals surface area contributed by atoms with Crippen LogP contribution in [0.4, 0.5) is 0 Å². The third-order valence-electron chi connectivity index (χ3n) is 11.7. The summed E-state index contributed by atoms with van der Waals surface area (Å²) >= 11 is 0. The predicted octanol–water partition coefficient (Wildman–Crippen LogP) is 19.1. The molecule has 0 fully saturated rings. The first-order valence-electron chi connectivity index (χ1n) is 28.4. The van der Waals surface area contributed by atoms with Crippen molar-refractivity contribution in [3.8, 4) is 0 Å². The molecule has 0 unspecified atom stereocenters. The van der Waals surface area contributed by atoms with Crippen LogP contribution >= 0.6 is 0 Å². The molecule has 0 rings (SSSR count). The van der Waals surface area contributed by atoms with Crippen molar-refractivity contribution in [3.63, 3.8) is 0 Å². The summed E-state index contributed by atoms with van der Waals surface area (Å²) in [5.41, 5.74) is 0. The van der Waals surface area contributed by atoms with Crippen LogP contribution in [0.15, 0.2) is 109 Å². The lowest BCUT2D eigenvalue weighted by Gasteiger charge is -2.18. The fraction of sp³-hybridized carbons (Fsp3) is 0.667. The quantitative estimate of drug-likeness (QED) is 0.0262. The number of hydrogen-bond donors (Lipinski definition) is 0. The Morgan fingerprint density at radius 2 is 0.580 bits per heavy atom. The van der Waals surface area contributed by atoms with Gasteiger partial charge in [0.25, 0.3) is 0 Å². The largest absolute Gasteiger partial charge is 0.462 e. The highest BCUT2D eigenvalue weighted by atomic mass is 16.6. The zero-order valence-electron chi connectivity index (χ0n) is 44.8. The Morgan fingerprint density at radius 3 is 0.928 bits per heavy atom. The average Bonchev–Trinajstić information content (AvgIpc) is 3.35. The van der Waals surface area contributed by atoms with Gasteiger partial charge in [-0.25, -0.2) is 0 Å². The van der Waals surface area contributed by atoms with Crippen molar-refractivity contribution in [2.24, 2.45) is 0 Å². The fourth-order valence-electron chi connectivity index (χ4n) is 7.48. The molecular weight excluding hydrogens is 853 g/mol. The summed E-state index contributed by atoms with van der Waals surface area (Å²) in [6.07, 6.45) is 76.5. The van der Waals surface area contributed by atoms with Crippen molar-refractivity contribution in [3.05, 3.63) is 109 Å². The highest BCUT2D eigenvalue weighted by molar-refractivity contribution is 5.71. The van der Waals surface area contributed by atoms with Gasteiger partial charge in [-0.2, -0.15) is 0 Å². The van der Waals surface area contributed by atoms with Crippen LogP contribution in [0.3, 0.4) is 0 Å². The molecular formula is C63H104O6. The number of hydrogen-bond acceptors (Lipinski definition) is 6. The third-order valence-corrected chi connectivity index (χ3v) is 11.7. The molecule has 0 bridgehead atoms. The van der Waals surface area contributed by atoms with E-state index in [9.17, 15) is 14.4 Å². The first-order valence-corrected chi connectivity index (χ1v) is 28.4. The number of carbonyl (C=O) groups excluding carboxylic acids is 3. The minimum absolute atomic E-state index is 0.109. The number of rotatable bonds is 50. The van der Waals surface area contributed by atoms with Gasteiger partial charge in [0.1, 0.15) is 13.2 Å². The maximum atomic E-state index is 12.8. The van der Waals surface area contributed by atoms with Crippen molar-refractivity contribution >= 4 is 17.9 Å². The molecule has 0 saturated carbocycles. The van der Waals surface area contributed by atoms with Gasteiger partial charge in [0.2, 0.25) is 0 Å². The monoisotopic (exact) mass is 957 g/mol. The molecule has 0 saturated heterocycles. The lowest BCUT2D eigenvalue weighted by Crippen LogP contribution is -2.30. The van der Waals surface area contributed by atoms with E-state index >= 15 is 0 Å². The number of carbonyl (C=O) groups is 3. The topological polar surface area (TPSA) is 78.9 Å². The molecule has 0 aliphatic heterocycles. The predicted molar refractivity (Wildman–Crippen MR) is 297 cm³/mol. The molecule has 0 aromatic carbocycles. The molecule has 0 aromatic heterocycles. The second-order valence-corrected chi connectivity index (χ2v) is 18.5. The van der Waals surface area contributed by atoms with E-state index < -0.39 is 6.10 Å². The van der Waals surface area contributed by atoms with Crippen LogP contribution in [0.5, 0.6) is 0 Å². The van der Waals surface area contributed by atoms with Gasteiger partial charge in [-0.15, -0.1) is 0 Å². The normalized spacial score (nSPS) is 12.9. The SMILES string of the molecule is CC/C=C\C/C=C\C/C=C\CCCCCCCC(=O)OC[C@H](COC(=O)CCCCCCCCCCC/C=C\C/C=C\CCCCC)OC(=O)CCC/C=C\C/C=C\C/C=C\C/C=C\CCCCC. The summed E-state index contributed by atoms with van der Waals surface area (Å²) in [5, 5.41) is 0. The van der Waals surface area contributed by atoms with Crippen LogP contribution in [0.25, 0.3) is 0 Å². The molecule has 0 N–H and O–H groups in total. The molecule has 0 aromatic rings. The summed E-state index contributed by atoms with van der Waals surface area (Å²) in [6, 6.07) is 0. The molecule has 392 valence electrons. The lowest BCUT2D eigenvalue weighted by molar-refractivity contribution is -0.167. The van der Waals surface area contributed by atoms with E-state index in [1.54, 1.807) is 0 Å². The summed E-state index contributed by atoms with van der Waals surface area (Å²) in [7, 11) is 0. The summed E-state index contributed by atoms with van der Waals surface area (Å²) in [4.78, 5) is 38.1. The zero-order chi connectivity index (χ0) is 50.0. The highest BCUT2D eigenvalue weighted by Crippen LogP contribution is 2.14. The number of ether oxygens (including phenoxy) is 3. The van der Waals surface area contributed by atoms with E-state index in [0.29, 0.717) is 19.3 Å². The van der Waals surface area contributed by atoms with Gasteiger partial charge in [0, 0.05) is 19.3 Å². The summed E-state index contributed by atoms with van der Waals surface area (Å²) in [5.74, 6) is -0.988. The number of allylic oxidation sites excluding steroid dienone is 18. The lowest BCUT2D eigenvalue weighted by atomic mass is 10.1. The van der Waals surface area contributed by atoms with Crippen LogP contribution in [0, 0.1) is 0 Å². The molecule has 0 aliphatic carbocycles. The molecule has 69 heavy (non-hydrogen) atoms.